The van der Waals surface area contributed by atoms with Crippen LogP contribution in [0.1, 0.15) is 12.8 Å². The molecule has 9 nitrogen and oxygen atoms in total. The molecule has 3 aliphatic heterocycles. The van der Waals surface area contributed by atoms with Crippen LogP contribution in [0.25, 0.3) is 0 Å². The number of piperazine rings is 1. The summed E-state index contributed by atoms with van der Waals surface area (Å²) in [5.41, 5.74) is 1.94. The van der Waals surface area contributed by atoms with Crippen molar-refractivity contribution in [2.45, 2.75) is 12.8 Å². The van der Waals surface area contributed by atoms with Gasteiger partial charge in [-0.15, -0.1) is 0 Å². The highest BCUT2D eigenvalue weighted by molar-refractivity contribution is 5.78. The zero-order valence-corrected chi connectivity index (χ0v) is 16.8. The van der Waals surface area contributed by atoms with Gasteiger partial charge in [0.15, 0.2) is 0 Å². The summed E-state index contributed by atoms with van der Waals surface area (Å²) < 4.78 is 5.31. The van der Waals surface area contributed by atoms with E-state index in [-0.39, 0.29) is 16.5 Å². The number of carbonyl (C=O) groups is 1. The minimum atomic E-state index is -0.285. The SMILES string of the molecule is O=C(CN1CCN(c2ccc([N+](=O)[O-])c(N3CCCC3)c2)CC1)N1CCOCC1. The lowest BCUT2D eigenvalue weighted by Crippen LogP contribution is -2.51. The molecule has 4 rings (SSSR count). The lowest BCUT2D eigenvalue weighted by Gasteiger charge is -2.37. The molecule has 0 aromatic heterocycles. The molecule has 0 N–H and O–H groups in total. The number of rotatable bonds is 5. The topological polar surface area (TPSA) is 82.4 Å². The number of benzene rings is 1. The number of morpholine rings is 1. The van der Waals surface area contributed by atoms with E-state index in [0.717, 1.165) is 63.5 Å². The summed E-state index contributed by atoms with van der Waals surface area (Å²) >= 11 is 0. The number of nitro benzene ring substituents is 1. The Morgan fingerprint density at radius 1 is 0.966 bits per heavy atom. The van der Waals surface area contributed by atoms with Crippen LogP contribution in [0.15, 0.2) is 18.2 Å². The fraction of sp³-hybridized carbons (Fsp3) is 0.650. The van der Waals surface area contributed by atoms with Crippen molar-refractivity contribution in [3.63, 3.8) is 0 Å². The second kappa shape index (κ2) is 8.96. The molecule has 0 atom stereocenters. The van der Waals surface area contributed by atoms with Gasteiger partial charge in [-0.2, -0.15) is 0 Å². The number of carbonyl (C=O) groups excluding carboxylic acids is 1. The molecule has 3 aliphatic rings. The van der Waals surface area contributed by atoms with Gasteiger partial charge in [-0.1, -0.05) is 0 Å². The lowest BCUT2D eigenvalue weighted by atomic mass is 10.2. The Hall–Kier alpha value is -2.39. The van der Waals surface area contributed by atoms with Crippen molar-refractivity contribution < 1.29 is 14.5 Å². The van der Waals surface area contributed by atoms with Crippen LogP contribution < -0.4 is 9.80 Å². The standard InChI is InChI=1S/C20H29N5O4/c26-20(24-11-13-29-14-12-24)16-21-7-9-22(10-8-21)17-3-4-18(25(27)28)19(15-17)23-5-1-2-6-23/h3-4,15H,1-2,5-14,16H2. The Morgan fingerprint density at radius 2 is 1.66 bits per heavy atom. The smallest absolute Gasteiger partial charge is 0.292 e. The van der Waals surface area contributed by atoms with Gasteiger partial charge in [0, 0.05) is 64.1 Å². The van der Waals surface area contributed by atoms with Crippen molar-refractivity contribution in [3.8, 4) is 0 Å². The van der Waals surface area contributed by atoms with Crippen molar-refractivity contribution in [2.75, 3.05) is 81.9 Å². The fourth-order valence-corrected chi connectivity index (χ4v) is 4.34. The number of anilines is 2. The van der Waals surface area contributed by atoms with Crippen LogP contribution in [-0.2, 0) is 9.53 Å². The fourth-order valence-electron chi connectivity index (χ4n) is 4.34. The molecular weight excluding hydrogens is 374 g/mol. The Balaban J connectivity index is 1.37. The molecule has 3 fully saturated rings. The normalized spacial score (nSPS) is 20.9. The first-order valence-corrected chi connectivity index (χ1v) is 10.5. The first-order chi connectivity index (χ1) is 14.1. The van der Waals surface area contributed by atoms with E-state index in [1.54, 1.807) is 6.07 Å². The Bertz CT molecular complexity index is 738. The zero-order valence-electron chi connectivity index (χ0n) is 16.8. The lowest BCUT2D eigenvalue weighted by molar-refractivity contribution is -0.384. The monoisotopic (exact) mass is 403 g/mol. The van der Waals surface area contributed by atoms with Crippen molar-refractivity contribution in [1.82, 2.24) is 9.80 Å². The van der Waals surface area contributed by atoms with Gasteiger partial charge in [-0.05, 0) is 25.0 Å². The van der Waals surface area contributed by atoms with E-state index in [2.05, 4.69) is 14.7 Å². The van der Waals surface area contributed by atoms with Gasteiger partial charge in [0.2, 0.25) is 5.91 Å². The molecule has 1 amide bonds. The second-order valence-corrected chi connectivity index (χ2v) is 7.88. The average Bonchev–Trinajstić information content (AvgIpc) is 3.29. The van der Waals surface area contributed by atoms with E-state index in [4.69, 9.17) is 4.74 Å². The first kappa shape index (κ1) is 19.9. The highest BCUT2D eigenvalue weighted by Crippen LogP contribution is 2.34. The molecule has 3 heterocycles. The summed E-state index contributed by atoms with van der Waals surface area (Å²) in [5, 5.41) is 11.5. The van der Waals surface area contributed by atoms with Crippen molar-refractivity contribution >= 4 is 23.0 Å². The highest BCUT2D eigenvalue weighted by Gasteiger charge is 2.26. The second-order valence-electron chi connectivity index (χ2n) is 7.88. The summed E-state index contributed by atoms with van der Waals surface area (Å²) in [4.78, 5) is 32.1. The van der Waals surface area contributed by atoms with Gasteiger partial charge in [-0.25, -0.2) is 0 Å². The van der Waals surface area contributed by atoms with E-state index in [9.17, 15) is 14.9 Å². The predicted molar refractivity (Wildman–Crippen MR) is 111 cm³/mol. The van der Waals surface area contributed by atoms with Gasteiger partial charge in [0.1, 0.15) is 5.69 Å². The summed E-state index contributed by atoms with van der Waals surface area (Å²) in [7, 11) is 0. The molecule has 0 unspecified atom stereocenters. The van der Waals surface area contributed by atoms with Crippen molar-refractivity contribution in [3.05, 3.63) is 28.3 Å². The third-order valence-electron chi connectivity index (χ3n) is 6.06. The van der Waals surface area contributed by atoms with Crippen LogP contribution >= 0.6 is 0 Å². The Kier molecular flexibility index (Phi) is 6.15. The molecule has 9 heteroatoms. The summed E-state index contributed by atoms with van der Waals surface area (Å²) in [5.74, 6) is 0.174. The average molecular weight is 403 g/mol. The summed E-state index contributed by atoms with van der Waals surface area (Å²) in [6, 6.07) is 5.46. The van der Waals surface area contributed by atoms with E-state index in [0.29, 0.717) is 32.8 Å². The molecule has 0 aliphatic carbocycles. The van der Waals surface area contributed by atoms with Gasteiger partial charge in [0.25, 0.3) is 5.69 Å². The van der Waals surface area contributed by atoms with Crippen LogP contribution in [0.3, 0.4) is 0 Å². The minimum Gasteiger partial charge on any atom is -0.378 e. The van der Waals surface area contributed by atoms with Gasteiger partial charge >= 0.3 is 0 Å². The first-order valence-electron chi connectivity index (χ1n) is 10.5. The molecule has 158 valence electrons. The zero-order chi connectivity index (χ0) is 20.2. The van der Waals surface area contributed by atoms with Crippen LogP contribution in [-0.4, -0.2) is 92.7 Å². The number of ether oxygens (including phenoxy) is 1. The number of nitrogens with zero attached hydrogens (tertiary/aromatic N) is 5. The number of hydrogen-bond donors (Lipinski definition) is 0. The van der Waals surface area contributed by atoms with E-state index >= 15 is 0 Å². The number of hydrogen-bond acceptors (Lipinski definition) is 7. The Labute approximate surface area is 170 Å². The predicted octanol–water partition coefficient (Wildman–Crippen LogP) is 1.18. The summed E-state index contributed by atoms with van der Waals surface area (Å²) in [6.07, 6.45) is 2.16. The van der Waals surface area contributed by atoms with Crippen LogP contribution in [0.5, 0.6) is 0 Å². The molecule has 1 aromatic rings. The molecule has 29 heavy (non-hydrogen) atoms. The number of nitro groups is 1. The number of amides is 1. The molecule has 3 saturated heterocycles. The molecule has 0 saturated carbocycles. The minimum absolute atomic E-state index is 0.174. The molecular formula is C20H29N5O4. The van der Waals surface area contributed by atoms with Crippen LogP contribution in [0, 0.1) is 10.1 Å². The molecule has 0 spiro atoms. The maximum atomic E-state index is 12.5. The van der Waals surface area contributed by atoms with Crippen molar-refractivity contribution in [1.29, 1.82) is 0 Å². The largest absolute Gasteiger partial charge is 0.378 e. The van der Waals surface area contributed by atoms with Crippen LogP contribution in [0.2, 0.25) is 0 Å². The highest BCUT2D eigenvalue weighted by atomic mass is 16.6. The van der Waals surface area contributed by atoms with E-state index in [1.807, 2.05) is 17.0 Å². The summed E-state index contributed by atoms with van der Waals surface area (Å²) in [6.45, 7) is 8.07. The van der Waals surface area contributed by atoms with Gasteiger partial charge in [-0.3, -0.25) is 19.8 Å². The molecule has 1 aromatic carbocycles. The third kappa shape index (κ3) is 4.62. The van der Waals surface area contributed by atoms with Crippen molar-refractivity contribution in [2.24, 2.45) is 0 Å². The quantitative estimate of drug-likeness (QED) is 0.539. The maximum Gasteiger partial charge on any atom is 0.292 e. The molecule has 0 bridgehead atoms. The van der Waals surface area contributed by atoms with E-state index in [1.165, 1.54) is 0 Å². The molecule has 0 radical (unpaired) electrons. The van der Waals surface area contributed by atoms with Crippen LogP contribution in [0.4, 0.5) is 17.1 Å². The van der Waals surface area contributed by atoms with E-state index < -0.39 is 0 Å². The van der Waals surface area contributed by atoms with Gasteiger partial charge < -0.3 is 19.4 Å². The Morgan fingerprint density at radius 3 is 2.31 bits per heavy atom. The van der Waals surface area contributed by atoms with Gasteiger partial charge in [0.05, 0.1) is 24.7 Å². The third-order valence-corrected chi connectivity index (χ3v) is 6.06. The maximum absolute atomic E-state index is 12.5.